The molecule has 144 valence electrons. The summed E-state index contributed by atoms with van der Waals surface area (Å²) >= 11 is 0. The highest BCUT2D eigenvalue weighted by Gasteiger charge is 2.06. The van der Waals surface area contributed by atoms with Gasteiger partial charge >= 0.3 is 0 Å². The fourth-order valence-corrected chi connectivity index (χ4v) is 1.83. The molecule has 1 aliphatic rings. The minimum atomic E-state index is 0.886. The van der Waals surface area contributed by atoms with Crippen LogP contribution in [0.4, 0.5) is 0 Å². The lowest BCUT2D eigenvalue weighted by molar-refractivity contribution is 0.288. The minimum absolute atomic E-state index is 0.886. The smallest absolute Gasteiger partial charge is 0.122 e. The van der Waals surface area contributed by atoms with Crippen molar-refractivity contribution in [3.8, 4) is 5.75 Å². The summed E-state index contributed by atoms with van der Waals surface area (Å²) in [6, 6.07) is 18.5. The zero-order valence-corrected chi connectivity index (χ0v) is 18.2. The second-order valence-electron chi connectivity index (χ2n) is 4.21. The van der Waals surface area contributed by atoms with Gasteiger partial charge in [0.25, 0.3) is 0 Å². The molecule has 0 unspecified atom stereocenters. The summed E-state index contributed by atoms with van der Waals surface area (Å²) in [5.74, 6) is 1.08. The van der Waals surface area contributed by atoms with E-state index >= 15 is 0 Å². The Morgan fingerprint density at radius 3 is 1.56 bits per heavy atom. The van der Waals surface area contributed by atoms with E-state index in [9.17, 15) is 0 Å². The van der Waals surface area contributed by atoms with Crippen LogP contribution in [-0.2, 0) is 6.42 Å². The Bertz CT molecular complexity index is 424. The average molecular weight is 347 g/mol. The summed E-state index contributed by atoms with van der Waals surface area (Å²) in [6.07, 6.45) is 2.34. The van der Waals surface area contributed by atoms with Crippen LogP contribution in [0.5, 0.6) is 5.75 Å². The number of fused-ring (bicyclic) bond motifs is 1. The Labute approximate surface area is 158 Å². The van der Waals surface area contributed by atoms with E-state index in [0.29, 0.717) is 0 Å². The van der Waals surface area contributed by atoms with Gasteiger partial charge in [0.1, 0.15) is 5.75 Å². The van der Waals surface area contributed by atoms with Crippen molar-refractivity contribution in [1.29, 1.82) is 0 Å². The fourth-order valence-electron chi connectivity index (χ4n) is 1.83. The zero-order chi connectivity index (χ0) is 19.9. The Balaban J connectivity index is -0.000000285. The Morgan fingerprint density at radius 1 is 0.640 bits per heavy atom. The Morgan fingerprint density at radius 2 is 1.12 bits per heavy atom. The van der Waals surface area contributed by atoms with Gasteiger partial charge in [-0.25, -0.2) is 0 Å². The first-order chi connectivity index (χ1) is 12.4. The van der Waals surface area contributed by atoms with E-state index in [-0.39, 0.29) is 0 Å². The molecule has 0 atom stereocenters. The molecule has 2 aromatic rings. The number of aryl methyl sites for hydroxylation is 2. The lowest BCUT2D eigenvalue weighted by Gasteiger charge is -2.15. The normalized spacial score (nSPS) is 9.64. The molecular formula is C24H42O. The molecule has 0 spiro atoms. The van der Waals surface area contributed by atoms with Gasteiger partial charge in [-0.05, 0) is 31.4 Å². The Kier molecular flexibility index (Phi) is 27.5. The van der Waals surface area contributed by atoms with Crippen LogP contribution < -0.4 is 4.74 Å². The molecule has 0 bridgehead atoms. The van der Waals surface area contributed by atoms with Gasteiger partial charge in [0, 0.05) is 0 Å². The third kappa shape index (κ3) is 15.5. The minimum Gasteiger partial charge on any atom is -0.493 e. The summed E-state index contributed by atoms with van der Waals surface area (Å²) in [7, 11) is 0. The summed E-state index contributed by atoms with van der Waals surface area (Å²) in [5.41, 5.74) is 2.68. The lowest BCUT2D eigenvalue weighted by atomic mass is 10.1. The molecule has 0 radical (unpaired) electrons. The van der Waals surface area contributed by atoms with E-state index < -0.39 is 0 Å². The van der Waals surface area contributed by atoms with Crippen LogP contribution in [-0.4, -0.2) is 6.61 Å². The third-order valence-electron chi connectivity index (χ3n) is 2.76. The van der Waals surface area contributed by atoms with Crippen LogP contribution in [0.2, 0.25) is 0 Å². The van der Waals surface area contributed by atoms with Crippen LogP contribution in [0, 0.1) is 6.92 Å². The number of benzene rings is 2. The monoisotopic (exact) mass is 346 g/mol. The van der Waals surface area contributed by atoms with Crippen LogP contribution in [0.1, 0.15) is 72.9 Å². The average Bonchev–Trinajstić information content (AvgIpc) is 2.75. The maximum Gasteiger partial charge on any atom is 0.122 e. The summed E-state index contributed by atoms with van der Waals surface area (Å²) in [4.78, 5) is 0. The SMILES string of the molecule is CC.CC.CC.CC.Cc1ccccc1.c1ccc2c(c1)CCCO2. The standard InChI is InChI=1S/C9H10O.C7H8.4C2H6/c1-2-6-9-8(4-1)5-3-7-10-9;1-7-5-3-2-4-6-7;4*1-2/h1-2,4,6H,3,5,7H2;2-6H,1H3;4*1-2H3. The Hall–Kier alpha value is -1.76. The summed E-state index contributed by atoms with van der Waals surface area (Å²) in [5, 5.41) is 0. The van der Waals surface area contributed by atoms with Crippen LogP contribution >= 0.6 is 0 Å². The number of hydrogen-bond acceptors (Lipinski definition) is 1. The number of para-hydroxylation sites is 1. The first-order valence-electron chi connectivity index (χ1n) is 10.1. The largest absolute Gasteiger partial charge is 0.493 e. The van der Waals surface area contributed by atoms with Gasteiger partial charge in [-0.2, -0.15) is 0 Å². The second kappa shape index (κ2) is 24.5. The summed E-state index contributed by atoms with van der Waals surface area (Å²) in [6.45, 7) is 19.0. The molecule has 0 amide bonds. The number of rotatable bonds is 0. The van der Waals surface area contributed by atoms with Crippen molar-refractivity contribution in [3.63, 3.8) is 0 Å². The predicted octanol–water partition coefficient (Wildman–Crippen LogP) is 8.11. The fraction of sp³-hybridized carbons (Fsp3) is 0.500. The molecule has 1 heterocycles. The number of hydrogen-bond donors (Lipinski definition) is 0. The van der Waals surface area contributed by atoms with E-state index in [0.717, 1.165) is 18.8 Å². The van der Waals surface area contributed by atoms with Gasteiger partial charge in [-0.1, -0.05) is 109 Å². The van der Waals surface area contributed by atoms with E-state index in [1.807, 2.05) is 85.7 Å². The highest BCUT2D eigenvalue weighted by Crippen LogP contribution is 2.23. The highest BCUT2D eigenvalue weighted by molar-refractivity contribution is 5.34. The molecular weight excluding hydrogens is 304 g/mol. The van der Waals surface area contributed by atoms with Crippen molar-refractivity contribution in [1.82, 2.24) is 0 Å². The molecule has 0 saturated heterocycles. The van der Waals surface area contributed by atoms with E-state index in [4.69, 9.17) is 4.74 Å². The lowest BCUT2D eigenvalue weighted by Crippen LogP contribution is -2.07. The van der Waals surface area contributed by atoms with Crippen LogP contribution in [0.15, 0.2) is 54.6 Å². The molecule has 0 aliphatic carbocycles. The first-order valence-corrected chi connectivity index (χ1v) is 10.1. The van der Waals surface area contributed by atoms with Crippen molar-refractivity contribution in [2.45, 2.75) is 75.2 Å². The van der Waals surface area contributed by atoms with Crippen molar-refractivity contribution >= 4 is 0 Å². The molecule has 3 rings (SSSR count). The molecule has 1 heteroatoms. The van der Waals surface area contributed by atoms with Crippen LogP contribution in [0.25, 0.3) is 0 Å². The summed E-state index contributed by atoms with van der Waals surface area (Å²) < 4.78 is 5.42. The molecule has 1 aliphatic heterocycles. The van der Waals surface area contributed by atoms with Crippen LogP contribution in [0.3, 0.4) is 0 Å². The maximum atomic E-state index is 5.42. The first kappa shape index (κ1) is 28.1. The van der Waals surface area contributed by atoms with Gasteiger partial charge in [-0.15, -0.1) is 0 Å². The topological polar surface area (TPSA) is 9.23 Å². The molecule has 0 aromatic heterocycles. The maximum absolute atomic E-state index is 5.42. The van der Waals surface area contributed by atoms with Gasteiger partial charge in [-0.3, -0.25) is 0 Å². The van der Waals surface area contributed by atoms with Gasteiger partial charge in [0.15, 0.2) is 0 Å². The molecule has 25 heavy (non-hydrogen) atoms. The van der Waals surface area contributed by atoms with Crippen molar-refractivity contribution < 1.29 is 4.74 Å². The molecule has 1 nitrogen and oxygen atoms in total. The second-order valence-corrected chi connectivity index (χ2v) is 4.21. The van der Waals surface area contributed by atoms with Gasteiger partial charge in [0.2, 0.25) is 0 Å². The van der Waals surface area contributed by atoms with E-state index in [1.165, 1.54) is 17.5 Å². The molecule has 0 saturated carbocycles. The van der Waals surface area contributed by atoms with Crippen molar-refractivity contribution in [2.75, 3.05) is 6.61 Å². The van der Waals surface area contributed by atoms with E-state index in [2.05, 4.69) is 31.2 Å². The zero-order valence-electron chi connectivity index (χ0n) is 18.2. The third-order valence-corrected chi connectivity index (χ3v) is 2.76. The van der Waals surface area contributed by atoms with Gasteiger partial charge < -0.3 is 4.74 Å². The van der Waals surface area contributed by atoms with E-state index in [1.54, 1.807) is 0 Å². The van der Waals surface area contributed by atoms with Crippen molar-refractivity contribution in [2.24, 2.45) is 0 Å². The quantitative estimate of drug-likeness (QED) is 0.468. The highest BCUT2D eigenvalue weighted by atomic mass is 16.5. The molecule has 2 aromatic carbocycles. The molecule has 0 N–H and O–H groups in total. The molecule has 0 fully saturated rings. The predicted molar refractivity (Wildman–Crippen MR) is 117 cm³/mol. The van der Waals surface area contributed by atoms with Crippen molar-refractivity contribution in [3.05, 3.63) is 65.7 Å². The number of ether oxygens (including phenoxy) is 1. The van der Waals surface area contributed by atoms with Gasteiger partial charge in [0.05, 0.1) is 6.61 Å².